The third-order valence-electron chi connectivity index (χ3n) is 3.96. The van der Waals surface area contributed by atoms with Crippen molar-refractivity contribution in [1.29, 1.82) is 0 Å². The number of H-pyrrole nitrogens is 2. The Labute approximate surface area is 136 Å². The maximum absolute atomic E-state index is 12.4. The van der Waals surface area contributed by atoms with Crippen molar-refractivity contribution in [2.75, 3.05) is 7.11 Å². The van der Waals surface area contributed by atoms with E-state index in [2.05, 4.69) is 15.0 Å². The Hall–Kier alpha value is -3.41. The third-order valence-corrected chi connectivity index (χ3v) is 3.96. The highest BCUT2D eigenvalue weighted by atomic mass is 16.5. The molecule has 0 saturated carbocycles. The van der Waals surface area contributed by atoms with Crippen molar-refractivity contribution < 1.29 is 9.53 Å². The summed E-state index contributed by atoms with van der Waals surface area (Å²) in [4.78, 5) is 34.4. The quantitative estimate of drug-likeness (QED) is 0.556. The van der Waals surface area contributed by atoms with Crippen LogP contribution >= 0.6 is 0 Å². The molecule has 0 fully saturated rings. The number of rotatable bonds is 2. The summed E-state index contributed by atoms with van der Waals surface area (Å²) in [6, 6.07) is 12.5. The first-order valence-electron chi connectivity index (χ1n) is 7.36. The van der Waals surface area contributed by atoms with Crippen LogP contribution in [0.1, 0.15) is 10.4 Å². The fourth-order valence-electron chi connectivity index (χ4n) is 2.78. The number of nitrogens with zero attached hydrogens (tertiary/aromatic N) is 1. The van der Waals surface area contributed by atoms with Crippen LogP contribution in [0.4, 0.5) is 0 Å². The molecule has 6 heteroatoms. The summed E-state index contributed by atoms with van der Waals surface area (Å²) >= 11 is 0. The minimum Gasteiger partial charge on any atom is -0.465 e. The number of hydrogen-bond donors (Lipinski definition) is 2. The number of ether oxygens (including phenoxy) is 1. The summed E-state index contributed by atoms with van der Waals surface area (Å²) in [5.74, 6) is -0.408. The molecule has 0 amide bonds. The Morgan fingerprint density at radius 2 is 1.96 bits per heavy atom. The number of esters is 1. The molecule has 118 valence electrons. The van der Waals surface area contributed by atoms with Gasteiger partial charge in [0, 0.05) is 22.7 Å². The normalized spacial score (nSPS) is 11.0. The molecular formula is C18H13N3O3. The SMILES string of the molecule is COC(=O)c1ccc2c(-c3nc4ccccc4[nH]c3=O)c[nH]c2c1. The van der Waals surface area contributed by atoms with Gasteiger partial charge >= 0.3 is 5.97 Å². The standard InChI is InChI=1S/C18H13N3O3/c1-24-18(23)10-6-7-11-12(9-19-15(11)8-10)16-17(22)21-14-5-3-2-4-13(14)20-16/h2-9,19H,1H3,(H,21,22). The van der Waals surface area contributed by atoms with Gasteiger partial charge in [-0.2, -0.15) is 0 Å². The van der Waals surface area contributed by atoms with E-state index in [1.54, 1.807) is 24.4 Å². The van der Waals surface area contributed by atoms with E-state index in [9.17, 15) is 9.59 Å². The topological polar surface area (TPSA) is 87.8 Å². The summed E-state index contributed by atoms with van der Waals surface area (Å²) in [5.41, 5.74) is 3.36. The Morgan fingerprint density at radius 3 is 2.79 bits per heavy atom. The fourth-order valence-corrected chi connectivity index (χ4v) is 2.78. The smallest absolute Gasteiger partial charge is 0.337 e. The number of carbonyl (C=O) groups is 1. The number of para-hydroxylation sites is 2. The zero-order chi connectivity index (χ0) is 16.7. The number of benzene rings is 2. The van der Waals surface area contributed by atoms with E-state index >= 15 is 0 Å². The second kappa shape index (κ2) is 5.34. The summed E-state index contributed by atoms with van der Waals surface area (Å²) in [6.07, 6.45) is 1.72. The van der Waals surface area contributed by atoms with Crippen LogP contribution in [0, 0.1) is 0 Å². The zero-order valence-electron chi connectivity index (χ0n) is 12.8. The van der Waals surface area contributed by atoms with Gasteiger partial charge in [0.15, 0.2) is 0 Å². The minimum atomic E-state index is -0.408. The van der Waals surface area contributed by atoms with Crippen LogP contribution in [0.25, 0.3) is 33.2 Å². The van der Waals surface area contributed by atoms with E-state index in [0.29, 0.717) is 27.9 Å². The van der Waals surface area contributed by atoms with Crippen molar-refractivity contribution in [2.24, 2.45) is 0 Å². The molecular weight excluding hydrogens is 306 g/mol. The van der Waals surface area contributed by atoms with Crippen molar-refractivity contribution in [3.8, 4) is 11.3 Å². The average Bonchev–Trinajstić information content (AvgIpc) is 3.03. The van der Waals surface area contributed by atoms with E-state index in [1.807, 2.05) is 24.3 Å². The zero-order valence-corrected chi connectivity index (χ0v) is 12.8. The van der Waals surface area contributed by atoms with Crippen LogP contribution in [0.2, 0.25) is 0 Å². The number of aromatic nitrogens is 3. The predicted molar refractivity (Wildman–Crippen MR) is 91.0 cm³/mol. The van der Waals surface area contributed by atoms with Gasteiger partial charge in [-0.05, 0) is 24.3 Å². The molecule has 2 aromatic heterocycles. The molecule has 0 bridgehead atoms. The second-order valence-corrected chi connectivity index (χ2v) is 5.39. The van der Waals surface area contributed by atoms with Crippen molar-refractivity contribution in [3.63, 3.8) is 0 Å². The van der Waals surface area contributed by atoms with Crippen molar-refractivity contribution >= 4 is 27.9 Å². The molecule has 0 aliphatic carbocycles. The van der Waals surface area contributed by atoms with E-state index in [1.165, 1.54) is 7.11 Å². The molecule has 24 heavy (non-hydrogen) atoms. The van der Waals surface area contributed by atoms with Crippen LogP contribution in [-0.4, -0.2) is 28.0 Å². The van der Waals surface area contributed by atoms with Gasteiger partial charge in [-0.3, -0.25) is 4.79 Å². The molecule has 4 aromatic rings. The van der Waals surface area contributed by atoms with Gasteiger partial charge in [0.25, 0.3) is 5.56 Å². The molecule has 2 aromatic carbocycles. The fraction of sp³-hybridized carbons (Fsp3) is 0.0556. The van der Waals surface area contributed by atoms with Gasteiger partial charge < -0.3 is 14.7 Å². The first-order valence-corrected chi connectivity index (χ1v) is 7.36. The van der Waals surface area contributed by atoms with Gasteiger partial charge in [-0.25, -0.2) is 9.78 Å². The molecule has 0 unspecified atom stereocenters. The van der Waals surface area contributed by atoms with Crippen molar-refractivity contribution in [2.45, 2.75) is 0 Å². The lowest BCUT2D eigenvalue weighted by atomic mass is 10.1. The summed E-state index contributed by atoms with van der Waals surface area (Å²) in [7, 11) is 1.34. The van der Waals surface area contributed by atoms with Gasteiger partial charge in [-0.15, -0.1) is 0 Å². The highest BCUT2D eigenvalue weighted by Gasteiger charge is 2.14. The molecule has 0 saturated heterocycles. The van der Waals surface area contributed by atoms with E-state index in [-0.39, 0.29) is 5.56 Å². The van der Waals surface area contributed by atoms with Crippen molar-refractivity contribution in [1.82, 2.24) is 15.0 Å². The van der Waals surface area contributed by atoms with E-state index < -0.39 is 5.97 Å². The molecule has 0 radical (unpaired) electrons. The van der Waals surface area contributed by atoms with Crippen LogP contribution in [0.5, 0.6) is 0 Å². The maximum Gasteiger partial charge on any atom is 0.337 e. The number of nitrogens with one attached hydrogen (secondary N) is 2. The third kappa shape index (κ3) is 2.16. The molecule has 6 nitrogen and oxygen atoms in total. The summed E-state index contributed by atoms with van der Waals surface area (Å²) < 4.78 is 4.72. The lowest BCUT2D eigenvalue weighted by Gasteiger charge is -2.02. The van der Waals surface area contributed by atoms with Gasteiger partial charge in [0.05, 0.1) is 23.7 Å². The Kier molecular flexibility index (Phi) is 3.16. The van der Waals surface area contributed by atoms with Crippen LogP contribution in [-0.2, 0) is 4.74 Å². The molecule has 0 atom stereocenters. The largest absolute Gasteiger partial charge is 0.465 e. The molecule has 2 N–H and O–H groups in total. The van der Waals surface area contributed by atoms with Crippen LogP contribution in [0.3, 0.4) is 0 Å². The molecule has 0 aliphatic heterocycles. The second-order valence-electron chi connectivity index (χ2n) is 5.39. The Bertz CT molecular complexity index is 1140. The van der Waals surface area contributed by atoms with E-state index in [4.69, 9.17) is 4.74 Å². The predicted octanol–water partition coefficient (Wildman–Crippen LogP) is 2.86. The highest BCUT2D eigenvalue weighted by molar-refractivity contribution is 6.00. The first-order chi connectivity index (χ1) is 11.7. The maximum atomic E-state index is 12.4. The number of aromatic amines is 2. The summed E-state index contributed by atoms with van der Waals surface area (Å²) in [6.45, 7) is 0. The first kappa shape index (κ1) is 14.2. The summed E-state index contributed by atoms with van der Waals surface area (Å²) in [5, 5.41) is 0.816. The lowest BCUT2D eigenvalue weighted by molar-refractivity contribution is 0.0601. The molecule has 0 aliphatic rings. The number of fused-ring (bicyclic) bond motifs is 2. The molecule has 4 rings (SSSR count). The molecule has 0 spiro atoms. The average molecular weight is 319 g/mol. The van der Waals surface area contributed by atoms with Gasteiger partial charge in [-0.1, -0.05) is 18.2 Å². The Morgan fingerprint density at radius 1 is 1.12 bits per heavy atom. The van der Waals surface area contributed by atoms with Gasteiger partial charge in [0.1, 0.15) is 5.69 Å². The number of hydrogen-bond acceptors (Lipinski definition) is 4. The lowest BCUT2D eigenvalue weighted by Crippen LogP contribution is -2.11. The Balaban J connectivity index is 1.92. The van der Waals surface area contributed by atoms with Crippen LogP contribution < -0.4 is 5.56 Å². The number of carbonyl (C=O) groups excluding carboxylic acids is 1. The monoisotopic (exact) mass is 319 g/mol. The van der Waals surface area contributed by atoms with Gasteiger partial charge in [0.2, 0.25) is 0 Å². The van der Waals surface area contributed by atoms with Crippen LogP contribution in [0.15, 0.2) is 53.5 Å². The van der Waals surface area contributed by atoms with E-state index in [0.717, 1.165) is 10.9 Å². The highest BCUT2D eigenvalue weighted by Crippen LogP contribution is 2.27. The van der Waals surface area contributed by atoms with Crippen molar-refractivity contribution in [3.05, 3.63) is 64.6 Å². The minimum absolute atomic E-state index is 0.258. The molecule has 2 heterocycles. The number of methoxy groups -OCH3 is 1.